The van der Waals surface area contributed by atoms with Crippen LogP contribution in [-0.4, -0.2) is 55.4 Å². The molecular formula is C3CoF9O9S3. The third-order valence-electron chi connectivity index (χ3n) is 0.850. The summed E-state index contributed by atoms with van der Waals surface area (Å²) in [6, 6.07) is 0. The van der Waals surface area contributed by atoms with Gasteiger partial charge in [0, 0.05) is 0 Å². The monoisotopic (exact) mass is 506 g/mol. The summed E-state index contributed by atoms with van der Waals surface area (Å²) in [5, 5.41) is 0. The van der Waals surface area contributed by atoms with Crippen molar-refractivity contribution in [1.82, 2.24) is 0 Å². The van der Waals surface area contributed by atoms with Crippen LogP contribution in [0.1, 0.15) is 0 Å². The molecule has 0 rings (SSSR count). The zero-order chi connectivity index (χ0) is 21.0. The molecule has 0 spiro atoms. The second kappa shape index (κ2) is 9.52. The average molecular weight is 506 g/mol. The molecule has 22 heteroatoms. The van der Waals surface area contributed by atoms with E-state index < -0.39 is 46.9 Å². The largest absolute Gasteiger partial charge is 3.00 e. The maximum Gasteiger partial charge on any atom is 3.00 e. The normalized spacial score (nSPS) is 13.4. The van der Waals surface area contributed by atoms with E-state index in [4.69, 9.17) is 38.9 Å². The maximum atomic E-state index is 10.7. The zero-order valence-electron chi connectivity index (χ0n) is 10.1. The standard InChI is InChI=1S/3CHF3O3S.Co/c3*2-1(3,4)8(5,6)7;/h3*(H,5,6,7);/q;;;+3/p-3. The van der Waals surface area contributed by atoms with Crippen LogP contribution in [0.5, 0.6) is 0 Å². The Balaban J connectivity index is -0.000000130. The number of alkyl halides is 9. The molecule has 0 aromatic carbocycles. The Morgan fingerprint density at radius 1 is 0.440 bits per heavy atom. The van der Waals surface area contributed by atoms with Gasteiger partial charge in [0.25, 0.3) is 0 Å². The summed E-state index contributed by atoms with van der Waals surface area (Å²) >= 11 is 0. The number of hydrogen-bond acceptors (Lipinski definition) is 9. The van der Waals surface area contributed by atoms with Crippen molar-refractivity contribution in [3.8, 4) is 0 Å². The molecule has 0 bridgehead atoms. The summed E-state index contributed by atoms with van der Waals surface area (Å²) in [6.07, 6.45) is 0. The van der Waals surface area contributed by atoms with Crippen molar-refractivity contribution in [3.05, 3.63) is 0 Å². The molecule has 0 aliphatic rings. The maximum absolute atomic E-state index is 10.7. The summed E-state index contributed by atoms with van der Waals surface area (Å²) in [6.45, 7) is 0. The Bertz CT molecular complexity index is 596. The van der Waals surface area contributed by atoms with Gasteiger partial charge >= 0.3 is 33.3 Å². The van der Waals surface area contributed by atoms with Crippen LogP contribution in [0.3, 0.4) is 0 Å². The molecule has 0 aromatic heterocycles. The molecule has 0 amide bonds. The fourth-order valence-corrected chi connectivity index (χ4v) is 0. The molecule has 0 atom stereocenters. The van der Waals surface area contributed by atoms with Gasteiger partial charge < -0.3 is 13.7 Å². The molecule has 0 aromatic rings. The van der Waals surface area contributed by atoms with Crippen LogP contribution in [-0.2, 0) is 47.1 Å². The summed E-state index contributed by atoms with van der Waals surface area (Å²) in [7, 11) is -18.3. The van der Waals surface area contributed by atoms with E-state index in [2.05, 4.69) is 0 Å². The number of halogens is 9. The minimum atomic E-state index is -6.09. The Hall–Kier alpha value is -0.394. The van der Waals surface area contributed by atoms with Gasteiger partial charge in [-0.05, 0) is 0 Å². The second-order valence-electron chi connectivity index (χ2n) is 2.70. The third-order valence-corrected chi connectivity index (χ3v) is 2.55. The first kappa shape index (κ1) is 32.3. The summed E-state index contributed by atoms with van der Waals surface area (Å²) < 4.78 is 177. The molecule has 0 aliphatic heterocycles. The molecule has 0 unspecified atom stereocenters. The van der Waals surface area contributed by atoms with Crippen LogP contribution >= 0.6 is 0 Å². The molecule has 0 heterocycles. The summed E-state index contributed by atoms with van der Waals surface area (Å²) in [5.74, 6) is 0. The molecule has 156 valence electrons. The van der Waals surface area contributed by atoms with Gasteiger partial charge in [-0.15, -0.1) is 0 Å². The first-order valence-corrected chi connectivity index (χ1v) is 8.04. The van der Waals surface area contributed by atoms with E-state index in [1.165, 1.54) is 0 Å². The van der Waals surface area contributed by atoms with Crippen molar-refractivity contribution in [2.24, 2.45) is 0 Å². The Kier molecular flexibility index (Phi) is 12.3. The Morgan fingerprint density at radius 2 is 0.480 bits per heavy atom. The van der Waals surface area contributed by atoms with Crippen molar-refractivity contribution in [2.45, 2.75) is 16.5 Å². The van der Waals surface area contributed by atoms with E-state index in [1.807, 2.05) is 0 Å². The third kappa shape index (κ3) is 15.6. The van der Waals surface area contributed by atoms with Crippen molar-refractivity contribution >= 4 is 30.4 Å². The van der Waals surface area contributed by atoms with Gasteiger partial charge in [-0.3, -0.25) is 0 Å². The van der Waals surface area contributed by atoms with Crippen molar-refractivity contribution in [2.75, 3.05) is 0 Å². The zero-order valence-corrected chi connectivity index (χ0v) is 13.6. The van der Waals surface area contributed by atoms with Gasteiger partial charge in [-0.1, -0.05) is 0 Å². The molecular weight excluding hydrogens is 506 g/mol. The molecule has 25 heavy (non-hydrogen) atoms. The smallest absolute Gasteiger partial charge is 0.741 e. The second-order valence-corrected chi connectivity index (χ2v) is 6.81. The molecule has 0 aliphatic carbocycles. The predicted molar refractivity (Wildman–Crippen MR) is 47.3 cm³/mol. The van der Waals surface area contributed by atoms with Crippen LogP contribution < -0.4 is 0 Å². The molecule has 0 N–H and O–H groups in total. The molecule has 9 nitrogen and oxygen atoms in total. The van der Waals surface area contributed by atoms with Gasteiger partial charge in [0.1, 0.15) is 0 Å². The van der Waals surface area contributed by atoms with Crippen LogP contribution in [0.15, 0.2) is 0 Å². The van der Waals surface area contributed by atoms with E-state index in [1.54, 1.807) is 0 Å². The van der Waals surface area contributed by atoms with Crippen molar-refractivity contribution in [1.29, 1.82) is 0 Å². The fourth-order valence-electron chi connectivity index (χ4n) is 0. The van der Waals surface area contributed by atoms with Crippen LogP contribution in [0.4, 0.5) is 39.5 Å². The average Bonchev–Trinajstić information content (AvgIpc) is 2.08. The summed E-state index contributed by atoms with van der Waals surface area (Å²) in [5.41, 5.74) is -16.9. The molecule has 0 saturated carbocycles. The van der Waals surface area contributed by atoms with Crippen molar-refractivity contribution < 1.29 is 95.2 Å². The van der Waals surface area contributed by atoms with Gasteiger partial charge in [-0.25, -0.2) is 25.3 Å². The van der Waals surface area contributed by atoms with Crippen LogP contribution in [0.2, 0.25) is 0 Å². The first-order valence-electron chi connectivity index (χ1n) is 3.81. The Labute approximate surface area is 142 Å². The quantitative estimate of drug-likeness (QED) is 0.252. The van der Waals surface area contributed by atoms with E-state index in [9.17, 15) is 39.5 Å². The first-order chi connectivity index (χ1) is 9.75. The van der Waals surface area contributed by atoms with Gasteiger partial charge in [0.05, 0.1) is 0 Å². The van der Waals surface area contributed by atoms with E-state index in [-0.39, 0.29) is 16.8 Å². The van der Waals surface area contributed by atoms with Gasteiger partial charge in [-0.2, -0.15) is 39.5 Å². The Morgan fingerprint density at radius 3 is 0.480 bits per heavy atom. The minimum Gasteiger partial charge on any atom is -0.741 e. The summed E-state index contributed by atoms with van der Waals surface area (Å²) in [4.78, 5) is 0. The van der Waals surface area contributed by atoms with E-state index in [0.29, 0.717) is 0 Å². The number of hydrogen-bond donors (Lipinski definition) is 0. The number of rotatable bonds is 0. The van der Waals surface area contributed by atoms with Crippen molar-refractivity contribution in [3.63, 3.8) is 0 Å². The van der Waals surface area contributed by atoms with Crippen LogP contribution in [0, 0.1) is 0 Å². The molecule has 0 saturated heterocycles. The van der Waals surface area contributed by atoms with Gasteiger partial charge in [0.2, 0.25) is 0 Å². The minimum absolute atomic E-state index is 0. The molecule has 0 fully saturated rings. The predicted octanol–water partition coefficient (Wildman–Crippen LogP) is 0.152. The fraction of sp³-hybridized carbons (Fsp3) is 1.00. The SMILES string of the molecule is O=S(=O)([O-])C(F)(F)F.O=S(=O)([O-])C(F)(F)F.O=S(=O)([O-])C(F)(F)F.[Co+3]. The van der Waals surface area contributed by atoms with Crippen LogP contribution in [0.25, 0.3) is 0 Å². The van der Waals surface area contributed by atoms with Gasteiger partial charge in [0.15, 0.2) is 30.4 Å². The van der Waals surface area contributed by atoms with E-state index >= 15 is 0 Å². The topological polar surface area (TPSA) is 172 Å². The molecule has 0 radical (unpaired) electrons. The van der Waals surface area contributed by atoms with E-state index in [0.717, 1.165) is 0 Å².